The zero-order valence-corrected chi connectivity index (χ0v) is 41.1. The van der Waals surface area contributed by atoms with Crippen LogP contribution in [-0.4, -0.2) is 37.2 Å². The number of hydrogen-bond donors (Lipinski definition) is 0. The van der Waals surface area contributed by atoms with Crippen molar-refractivity contribution >= 4 is 17.9 Å². The van der Waals surface area contributed by atoms with Crippen LogP contribution in [0.5, 0.6) is 0 Å². The quantitative estimate of drug-likeness (QED) is 0.0345. The fraction of sp³-hybridized carbons (Fsp3) is 0.944. The molecule has 0 aliphatic heterocycles. The van der Waals surface area contributed by atoms with Crippen molar-refractivity contribution < 1.29 is 28.6 Å². The molecule has 0 aromatic carbocycles. The van der Waals surface area contributed by atoms with Gasteiger partial charge in [0.1, 0.15) is 13.2 Å². The summed E-state index contributed by atoms with van der Waals surface area (Å²) in [7, 11) is 0. The molecule has 0 rings (SSSR count). The van der Waals surface area contributed by atoms with E-state index >= 15 is 0 Å². The molecule has 0 aliphatic rings. The minimum absolute atomic E-state index is 0.0646. The fourth-order valence-electron chi connectivity index (χ4n) is 8.17. The van der Waals surface area contributed by atoms with Gasteiger partial charge in [-0.05, 0) is 31.1 Å². The molecule has 1 atom stereocenters. The van der Waals surface area contributed by atoms with Crippen LogP contribution in [0.25, 0.3) is 0 Å². The molecule has 6 heteroatoms. The molecule has 0 saturated carbocycles. The molecule has 0 aromatic rings. The molecule has 6 nitrogen and oxygen atoms in total. The Kier molecular flexibility index (Phi) is 45.7. The number of unbranched alkanes of at least 4 members (excludes halogenated alkanes) is 33. The topological polar surface area (TPSA) is 78.9 Å². The van der Waals surface area contributed by atoms with E-state index in [1.807, 2.05) is 0 Å². The Bertz CT molecular complexity index is 916. The minimum Gasteiger partial charge on any atom is -0.462 e. The van der Waals surface area contributed by atoms with Gasteiger partial charge in [-0.15, -0.1) is 0 Å². The van der Waals surface area contributed by atoms with Crippen LogP contribution in [0.2, 0.25) is 0 Å². The first kappa shape index (κ1) is 58.4. The van der Waals surface area contributed by atoms with Crippen molar-refractivity contribution in [2.45, 2.75) is 304 Å². The molecule has 0 bridgehead atoms. The van der Waals surface area contributed by atoms with Gasteiger partial charge in [0.25, 0.3) is 0 Å². The molecule has 0 radical (unpaired) electrons. The third-order valence-electron chi connectivity index (χ3n) is 12.2. The summed E-state index contributed by atoms with van der Waals surface area (Å²) in [5.74, 6) is 0.738. The highest BCUT2D eigenvalue weighted by Gasteiger charge is 2.19. The van der Waals surface area contributed by atoms with Gasteiger partial charge in [0.2, 0.25) is 0 Å². The fourth-order valence-corrected chi connectivity index (χ4v) is 8.17. The molecule has 0 amide bonds. The highest BCUT2D eigenvalue weighted by Crippen LogP contribution is 2.18. The maximum Gasteiger partial charge on any atom is 0.306 e. The number of hydrogen-bond acceptors (Lipinski definition) is 6. The predicted molar refractivity (Wildman–Crippen MR) is 256 cm³/mol. The monoisotopic (exact) mass is 849 g/mol. The Morgan fingerprint density at radius 3 is 0.817 bits per heavy atom. The Morgan fingerprint density at radius 1 is 0.317 bits per heavy atom. The first-order chi connectivity index (χ1) is 29.2. The third kappa shape index (κ3) is 47.5. The zero-order valence-electron chi connectivity index (χ0n) is 41.1. The van der Waals surface area contributed by atoms with Crippen molar-refractivity contribution in [1.82, 2.24) is 0 Å². The molecule has 0 aromatic heterocycles. The second-order valence-corrected chi connectivity index (χ2v) is 19.5. The number of esters is 3. The molecular weight excluding hydrogens is 745 g/mol. The average molecular weight is 849 g/mol. The molecule has 0 aliphatic carbocycles. The van der Waals surface area contributed by atoms with Crippen molar-refractivity contribution in [2.24, 2.45) is 11.8 Å². The van der Waals surface area contributed by atoms with E-state index in [0.717, 1.165) is 69.6 Å². The van der Waals surface area contributed by atoms with Crippen LogP contribution in [0.15, 0.2) is 0 Å². The first-order valence-corrected chi connectivity index (χ1v) is 26.7. The van der Waals surface area contributed by atoms with Gasteiger partial charge in [0, 0.05) is 19.3 Å². The maximum atomic E-state index is 12.8. The van der Waals surface area contributed by atoms with Gasteiger partial charge in [0.05, 0.1) is 0 Å². The predicted octanol–water partition coefficient (Wildman–Crippen LogP) is 17.3. The number of carbonyl (C=O) groups excluding carboxylic acids is 3. The SMILES string of the molecule is CCCCCCCCCCCCCCCCCCCCCC(=O)O[C@H](COC(=O)CCCCCCCCCCCCCC(C)C)COC(=O)CCCCCCCCC(C)C. The molecular formula is C54H104O6. The Balaban J connectivity index is 4.24. The van der Waals surface area contributed by atoms with Crippen LogP contribution in [0.3, 0.4) is 0 Å². The molecule has 60 heavy (non-hydrogen) atoms. The molecule has 0 unspecified atom stereocenters. The van der Waals surface area contributed by atoms with Gasteiger partial charge >= 0.3 is 17.9 Å². The van der Waals surface area contributed by atoms with E-state index in [2.05, 4.69) is 34.6 Å². The van der Waals surface area contributed by atoms with Crippen molar-refractivity contribution in [1.29, 1.82) is 0 Å². The molecule has 0 heterocycles. The van der Waals surface area contributed by atoms with Crippen LogP contribution in [0, 0.1) is 11.8 Å². The highest BCUT2D eigenvalue weighted by atomic mass is 16.6. The van der Waals surface area contributed by atoms with Gasteiger partial charge < -0.3 is 14.2 Å². The van der Waals surface area contributed by atoms with E-state index in [1.165, 1.54) is 186 Å². The molecule has 0 N–H and O–H groups in total. The summed E-state index contributed by atoms with van der Waals surface area (Å²) in [5.41, 5.74) is 0. The summed E-state index contributed by atoms with van der Waals surface area (Å²) in [6.07, 6.45) is 48.2. The second-order valence-electron chi connectivity index (χ2n) is 19.5. The van der Waals surface area contributed by atoms with Gasteiger partial charge in [-0.25, -0.2) is 0 Å². The Morgan fingerprint density at radius 2 is 0.550 bits per heavy atom. The normalized spacial score (nSPS) is 12.1. The van der Waals surface area contributed by atoms with E-state index < -0.39 is 6.10 Å². The Labute approximate surface area is 374 Å². The van der Waals surface area contributed by atoms with Crippen LogP contribution in [0.1, 0.15) is 298 Å². The summed E-state index contributed by atoms with van der Waals surface area (Å²) in [4.78, 5) is 37.9. The molecule has 0 spiro atoms. The van der Waals surface area contributed by atoms with Gasteiger partial charge in [-0.2, -0.15) is 0 Å². The zero-order chi connectivity index (χ0) is 44.0. The van der Waals surface area contributed by atoms with E-state index in [-0.39, 0.29) is 31.1 Å². The Hall–Kier alpha value is -1.59. The summed E-state index contributed by atoms with van der Waals surface area (Å²) in [6.45, 7) is 11.3. The smallest absolute Gasteiger partial charge is 0.306 e. The van der Waals surface area contributed by atoms with E-state index in [1.54, 1.807) is 0 Å². The number of carbonyl (C=O) groups is 3. The van der Waals surface area contributed by atoms with E-state index in [4.69, 9.17) is 14.2 Å². The van der Waals surface area contributed by atoms with Crippen LogP contribution >= 0.6 is 0 Å². The van der Waals surface area contributed by atoms with Crippen molar-refractivity contribution in [2.75, 3.05) is 13.2 Å². The van der Waals surface area contributed by atoms with E-state index in [9.17, 15) is 14.4 Å². The standard InChI is InChI=1S/C54H104O6/c1-6-7-8-9-10-11-12-13-14-15-16-17-18-19-22-26-29-36-41-46-54(57)60-51(48-59-53(56)45-40-35-31-30-33-38-43-50(4)5)47-58-52(55)44-39-34-28-25-23-20-21-24-27-32-37-42-49(2)3/h49-51H,6-48H2,1-5H3/t51-/m1/s1. The van der Waals surface area contributed by atoms with Crippen LogP contribution in [0.4, 0.5) is 0 Å². The van der Waals surface area contributed by atoms with Crippen molar-refractivity contribution in [3.63, 3.8) is 0 Å². The molecule has 0 fully saturated rings. The number of ether oxygens (including phenoxy) is 3. The van der Waals surface area contributed by atoms with Crippen LogP contribution in [-0.2, 0) is 28.6 Å². The van der Waals surface area contributed by atoms with Crippen molar-refractivity contribution in [3.05, 3.63) is 0 Å². The third-order valence-corrected chi connectivity index (χ3v) is 12.2. The summed E-state index contributed by atoms with van der Waals surface area (Å²) in [6, 6.07) is 0. The lowest BCUT2D eigenvalue weighted by Gasteiger charge is -2.18. The van der Waals surface area contributed by atoms with Crippen LogP contribution < -0.4 is 0 Å². The van der Waals surface area contributed by atoms with Gasteiger partial charge in [-0.1, -0.05) is 259 Å². The summed E-state index contributed by atoms with van der Waals surface area (Å²) in [5, 5.41) is 0. The molecule has 0 saturated heterocycles. The average Bonchev–Trinajstić information content (AvgIpc) is 3.22. The lowest BCUT2D eigenvalue weighted by atomic mass is 10.0. The first-order valence-electron chi connectivity index (χ1n) is 26.7. The maximum absolute atomic E-state index is 12.8. The van der Waals surface area contributed by atoms with E-state index in [0.29, 0.717) is 19.3 Å². The lowest BCUT2D eigenvalue weighted by Crippen LogP contribution is -2.30. The second kappa shape index (κ2) is 46.9. The van der Waals surface area contributed by atoms with Gasteiger partial charge in [-0.3, -0.25) is 14.4 Å². The summed E-state index contributed by atoms with van der Waals surface area (Å²) >= 11 is 0. The van der Waals surface area contributed by atoms with Gasteiger partial charge in [0.15, 0.2) is 6.10 Å². The lowest BCUT2D eigenvalue weighted by molar-refractivity contribution is -0.167. The van der Waals surface area contributed by atoms with Crippen molar-refractivity contribution in [3.8, 4) is 0 Å². The summed E-state index contributed by atoms with van der Waals surface area (Å²) < 4.78 is 16.8. The minimum atomic E-state index is -0.762. The number of rotatable bonds is 48. The molecule has 356 valence electrons. The largest absolute Gasteiger partial charge is 0.462 e. The highest BCUT2D eigenvalue weighted by molar-refractivity contribution is 5.71.